The van der Waals surface area contributed by atoms with Gasteiger partial charge in [0.25, 0.3) is 0 Å². The Hall–Kier alpha value is -1.49. The molecule has 0 aliphatic heterocycles. The van der Waals surface area contributed by atoms with Gasteiger partial charge in [-0.3, -0.25) is 0 Å². The normalized spacial score (nSPS) is 18.0. The molecule has 1 aliphatic carbocycles. The molecule has 0 atom stereocenters. The number of hydrogen-bond donors (Lipinski definition) is 1. The topological polar surface area (TPSA) is 37.3 Å². The van der Waals surface area contributed by atoms with E-state index in [2.05, 4.69) is 56.6 Å². The molecule has 0 fully saturated rings. The van der Waals surface area contributed by atoms with Crippen LogP contribution in [0.4, 0.5) is 0 Å². The van der Waals surface area contributed by atoms with Crippen LogP contribution in [-0.4, -0.2) is 26.0 Å². The first kappa shape index (κ1) is 19.8. The molecule has 1 aliphatic rings. The molecule has 2 nitrogen and oxygen atoms in total. The van der Waals surface area contributed by atoms with Crippen LogP contribution in [0.1, 0.15) is 71.4 Å². The van der Waals surface area contributed by atoms with E-state index in [9.17, 15) is 4.79 Å². The van der Waals surface area contributed by atoms with Crippen LogP contribution in [0.25, 0.3) is 0 Å². The van der Waals surface area contributed by atoms with Crippen LogP contribution in [0.2, 0.25) is 0 Å². The fourth-order valence-corrected chi connectivity index (χ4v) is 4.66. The van der Waals surface area contributed by atoms with Gasteiger partial charge in [0.1, 0.15) is 0 Å². The Labute approximate surface area is 158 Å². The quantitative estimate of drug-likeness (QED) is 0.466. The predicted molar refractivity (Wildman–Crippen MR) is 106 cm³/mol. The number of benzene rings is 1. The van der Waals surface area contributed by atoms with E-state index in [0.29, 0.717) is 0 Å². The number of fused-ring (bicyclic) bond motifs is 1. The van der Waals surface area contributed by atoms with Crippen molar-refractivity contribution in [2.24, 2.45) is 0 Å². The fraction of sp³-hybridized carbons (Fsp3) is 0.500. The Morgan fingerprint density at radius 1 is 1.20 bits per heavy atom. The van der Waals surface area contributed by atoms with Gasteiger partial charge in [0, 0.05) is 0 Å². The summed E-state index contributed by atoms with van der Waals surface area (Å²) in [4.78, 5) is 14.1. The van der Waals surface area contributed by atoms with Gasteiger partial charge in [0.2, 0.25) is 0 Å². The Morgan fingerprint density at radius 3 is 2.44 bits per heavy atom. The summed E-state index contributed by atoms with van der Waals surface area (Å²) < 4.78 is 1.27. The van der Waals surface area contributed by atoms with Gasteiger partial charge < -0.3 is 0 Å². The fourth-order valence-electron chi connectivity index (χ4n) is 3.37. The van der Waals surface area contributed by atoms with E-state index in [1.165, 1.54) is 34.5 Å². The molecule has 25 heavy (non-hydrogen) atoms. The third kappa shape index (κ3) is 5.00. The monoisotopic (exact) mass is 404 g/mol. The maximum absolute atomic E-state index is 10.9. The summed E-state index contributed by atoms with van der Waals surface area (Å²) in [7, 11) is 0. The van der Waals surface area contributed by atoms with Crippen LogP contribution < -0.4 is 4.46 Å². The minimum absolute atomic E-state index is 0.0397. The average molecular weight is 403 g/mol. The van der Waals surface area contributed by atoms with Gasteiger partial charge in [-0.1, -0.05) is 0 Å². The number of aliphatic carboxylic acids is 1. The number of carbonyl (C=O) groups is 1. The molecule has 0 radical (unpaired) electrons. The van der Waals surface area contributed by atoms with E-state index in [1.807, 2.05) is 6.92 Å². The third-order valence-corrected chi connectivity index (χ3v) is 6.48. The standard InChI is InChI=1S/C22H28O2Se/c1-6-7-16(14-20(23)24)10-13-25-17-8-9-18-19(15-17)22(4,5)12-11-21(18,2)3/h8-9,14-15H,6-7,11-12H2,1-5H3,(H,23,24)/b16-14+. The van der Waals surface area contributed by atoms with Crippen LogP contribution in [0.3, 0.4) is 0 Å². The summed E-state index contributed by atoms with van der Waals surface area (Å²) in [6.07, 6.45) is 5.30. The van der Waals surface area contributed by atoms with Crippen LogP contribution >= 0.6 is 0 Å². The second-order valence-corrected chi connectivity index (χ2v) is 9.91. The Morgan fingerprint density at radius 2 is 1.84 bits per heavy atom. The van der Waals surface area contributed by atoms with Crippen LogP contribution in [0, 0.1) is 10.7 Å². The summed E-state index contributed by atoms with van der Waals surface area (Å²) >= 11 is 0.0397. The van der Waals surface area contributed by atoms with Crippen molar-refractivity contribution in [3.05, 3.63) is 41.0 Å². The number of allylic oxidation sites excluding steroid dienone is 1. The summed E-state index contributed by atoms with van der Waals surface area (Å²) in [5, 5.41) is 8.93. The summed E-state index contributed by atoms with van der Waals surface area (Å²) in [5.74, 6) is 2.16. The zero-order valence-electron chi connectivity index (χ0n) is 15.9. The number of carboxylic acids is 1. The molecule has 0 unspecified atom stereocenters. The second-order valence-electron chi connectivity index (χ2n) is 8.06. The van der Waals surface area contributed by atoms with Crippen molar-refractivity contribution in [2.45, 2.75) is 71.1 Å². The molecular weight excluding hydrogens is 375 g/mol. The van der Waals surface area contributed by atoms with Gasteiger partial charge in [-0.15, -0.1) is 0 Å². The van der Waals surface area contributed by atoms with E-state index >= 15 is 0 Å². The molecule has 1 aromatic rings. The zero-order chi connectivity index (χ0) is 18.7. The molecule has 0 amide bonds. The van der Waals surface area contributed by atoms with Crippen molar-refractivity contribution in [1.29, 1.82) is 0 Å². The van der Waals surface area contributed by atoms with Crippen molar-refractivity contribution in [1.82, 2.24) is 0 Å². The number of rotatable bonds is 4. The van der Waals surface area contributed by atoms with Crippen LogP contribution in [0.5, 0.6) is 0 Å². The molecular formula is C22H28O2Se. The molecule has 2 rings (SSSR count). The third-order valence-electron chi connectivity index (χ3n) is 5.02. The molecule has 0 aromatic heterocycles. The molecule has 0 spiro atoms. The zero-order valence-corrected chi connectivity index (χ0v) is 17.6. The van der Waals surface area contributed by atoms with E-state index in [1.54, 1.807) is 0 Å². The first-order valence-corrected chi connectivity index (χ1v) is 10.6. The van der Waals surface area contributed by atoms with E-state index in [4.69, 9.17) is 5.11 Å². The Balaban J connectivity index is 2.26. The van der Waals surface area contributed by atoms with Gasteiger partial charge in [0.15, 0.2) is 0 Å². The van der Waals surface area contributed by atoms with Crippen molar-refractivity contribution in [3.8, 4) is 10.7 Å². The van der Waals surface area contributed by atoms with Gasteiger partial charge in [-0.05, 0) is 0 Å². The average Bonchev–Trinajstić information content (AvgIpc) is 2.51. The SMILES string of the molecule is CCC/C(C#C[Se]c1ccc2c(c1)C(C)(C)CCC2(C)C)=C\C(=O)O. The summed E-state index contributed by atoms with van der Waals surface area (Å²) in [6.45, 7) is 11.4. The molecule has 0 saturated heterocycles. The van der Waals surface area contributed by atoms with Gasteiger partial charge in [-0.25, -0.2) is 0 Å². The van der Waals surface area contributed by atoms with Crippen LogP contribution in [0.15, 0.2) is 29.8 Å². The first-order valence-electron chi connectivity index (χ1n) is 8.92. The molecule has 1 N–H and O–H groups in total. The molecule has 0 saturated carbocycles. The summed E-state index contributed by atoms with van der Waals surface area (Å²) in [5.41, 5.74) is 4.09. The van der Waals surface area contributed by atoms with Crippen molar-refractivity contribution in [3.63, 3.8) is 0 Å². The Bertz CT molecular complexity index is 745. The Kier molecular flexibility index (Phi) is 6.20. The van der Waals surface area contributed by atoms with E-state index in [0.717, 1.165) is 18.4 Å². The maximum atomic E-state index is 10.9. The first-order chi connectivity index (χ1) is 11.7. The second kappa shape index (κ2) is 7.81. The molecule has 0 bridgehead atoms. The van der Waals surface area contributed by atoms with Crippen molar-refractivity contribution in [2.75, 3.05) is 0 Å². The molecule has 134 valence electrons. The van der Waals surface area contributed by atoms with Crippen molar-refractivity contribution < 1.29 is 9.90 Å². The molecule has 0 heterocycles. The molecule has 3 heteroatoms. The number of carboxylic acid groups (broad SMARTS) is 1. The van der Waals surface area contributed by atoms with Gasteiger partial charge in [0.05, 0.1) is 0 Å². The molecule has 1 aromatic carbocycles. The van der Waals surface area contributed by atoms with Crippen LogP contribution in [-0.2, 0) is 15.6 Å². The van der Waals surface area contributed by atoms with Crippen molar-refractivity contribution >= 4 is 25.4 Å². The summed E-state index contributed by atoms with van der Waals surface area (Å²) in [6, 6.07) is 6.83. The minimum atomic E-state index is -0.914. The van der Waals surface area contributed by atoms with Gasteiger partial charge >= 0.3 is 158 Å². The van der Waals surface area contributed by atoms with E-state index in [-0.39, 0.29) is 25.8 Å². The van der Waals surface area contributed by atoms with Gasteiger partial charge in [-0.2, -0.15) is 0 Å². The van der Waals surface area contributed by atoms with E-state index < -0.39 is 5.97 Å². The number of hydrogen-bond acceptors (Lipinski definition) is 1. The predicted octanol–water partition coefficient (Wildman–Crippen LogP) is 4.14.